The number of amides is 5. The Kier molecular flexibility index (Phi) is 13.3. The van der Waals surface area contributed by atoms with Gasteiger partial charge < -0.3 is 54.8 Å². The first-order valence-corrected chi connectivity index (χ1v) is 12.0. The molecular formula is C23H35N9O8. The summed E-state index contributed by atoms with van der Waals surface area (Å²) in [5.74, 6) is -6.30. The smallest absolute Gasteiger partial charge is 0.326 e. The zero-order chi connectivity index (χ0) is 30.4. The number of phenols is 1. The van der Waals surface area contributed by atoms with E-state index in [1.807, 2.05) is 0 Å². The number of rotatable bonds is 17. The van der Waals surface area contributed by atoms with Gasteiger partial charge in [-0.15, -0.1) is 0 Å². The van der Waals surface area contributed by atoms with E-state index in [9.17, 15) is 39.0 Å². The maximum atomic E-state index is 13.3. The molecule has 15 N–H and O–H groups in total. The number of carboxylic acids is 1. The third kappa shape index (κ3) is 12.5. The van der Waals surface area contributed by atoms with E-state index in [2.05, 4.69) is 20.9 Å². The summed E-state index contributed by atoms with van der Waals surface area (Å²) in [6.45, 7) is 0.0707. The minimum absolute atomic E-state index is 0.0428. The number of hydrogen-bond donors (Lipinski definition) is 10. The average molecular weight is 566 g/mol. The molecule has 0 aliphatic heterocycles. The fourth-order valence-corrected chi connectivity index (χ4v) is 3.38. The summed E-state index contributed by atoms with van der Waals surface area (Å²) in [5.41, 5.74) is 26.9. The lowest BCUT2D eigenvalue weighted by molar-refractivity contribution is -0.143. The number of phenolic OH excluding ortho intramolecular Hbond substituents is 1. The van der Waals surface area contributed by atoms with Gasteiger partial charge >= 0.3 is 5.97 Å². The van der Waals surface area contributed by atoms with Crippen molar-refractivity contribution >= 4 is 41.5 Å². The zero-order valence-electron chi connectivity index (χ0n) is 21.5. The van der Waals surface area contributed by atoms with Gasteiger partial charge in [-0.2, -0.15) is 0 Å². The van der Waals surface area contributed by atoms with E-state index in [0.29, 0.717) is 5.56 Å². The van der Waals surface area contributed by atoms with Gasteiger partial charge in [0.05, 0.1) is 18.9 Å². The molecule has 0 spiro atoms. The molecule has 5 amide bonds. The van der Waals surface area contributed by atoms with Crippen LogP contribution in [0.25, 0.3) is 0 Å². The molecule has 0 radical (unpaired) electrons. The molecule has 1 aromatic carbocycles. The molecule has 0 saturated heterocycles. The zero-order valence-corrected chi connectivity index (χ0v) is 21.5. The highest BCUT2D eigenvalue weighted by Gasteiger charge is 2.31. The minimum atomic E-state index is -1.67. The van der Waals surface area contributed by atoms with Crippen LogP contribution in [0.4, 0.5) is 0 Å². The number of primary amides is 2. The van der Waals surface area contributed by atoms with E-state index in [1.165, 1.54) is 24.3 Å². The lowest BCUT2D eigenvalue weighted by Crippen LogP contribution is -2.58. The molecule has 17 nitrogen and oxygen atoms in total. The normalized spacial score (nSPS) is 13.5. The quantitative estimate of drug-likeness (QED) is 0.0488. The number of aromatic hydroxyl groups is 1. The number of aliphatic imine (C=N–C) groups is 1. The highest BCUT2D eigenvalue weighted by Crippen LogP contribution is 2.12. The molecule has 4 atom stereocenters. The molecule has 1 rings (SSSR count). The molecule has 0 fully saturated rings. The Morgan fingerprint density at radius 2 is 1.30 bits per heavy atom. The Morgan fingerprint density at radius 1 is 0.775 bits per heavy atom. The molecule has 0 aliphatic carbocycles. The highest BCUT2D eigenvalue weighted by molar-refractivity contribution is 5.95. The van der Waals surface area contributed by atoms with Crippen molar-refractivity contribution in [3.8, 4) is 5.75 Å². The van der Waals surface area contributed by atoms with Crippen LogP contribution in [0.1, 0.15) is 31.2 Å². The first-order chi connectivity index (χ1) is 18.7. The van der Waals surface area contributed by atoms with Crippen molar-refractivity contribution in [2.75, 3.05) is 6.54 Å². The average Bonchev–Trinajstić information content (AvgIpc) is 2.85. The van der Waals surface area contributed by atoms with Crippen LogP contribution in [-0.2, 0) is 35.2 Å². The lowest BCUT2D eigenvalue weighted by atomic mass is 10.0. The van der Waals surface area contributed by atoms with Gasteiger partial charge in [0.15, 0.2) is 5.96 Å². The largest absolute Gasteiger partial charge is 0.508 e. The van der Waals surface area contributed by atoms with Gasteiger partial charge in [-0.05, 0) is 30.5 Å². The molecule has 220 valence electrons. The standard InChI is InChI=1S/C23H35N9O8/c24-13(9-17(25)34)19(36)31-15(8-11-3-5-12(33)6-4-11)21(38)30-14(2-1-7-29-23(27)28)20(37)32-16(22(39)40)10-18(26)35/h3-6,13-16,33H,1-2,7-10,24H2,(H2,25,34)(H2,26,35)(H,30,38)(H,31,36)(H,32,37)(H,39,40)(H4,27,28,29). The van der Waals surface area contributed by atoms with Crippen LogP contribution in [0.15, 0.2) is 29.3 Å². The van der Waals surface area contributed by atoms with E-state index >= 15 is 0 Å². The van der Waals surface area contributed by atoms with Gasteiger partial charge in [-0.1, -0.05) is 12.1 Å². The van der Waals surface area contributed by atoms with Crippen LogP contribution < -0.4 is 44.6 Å². The predicted molar refractivity (Wildman–Crippen MR) is 141 cm³/mol. The number of benzene rings is 1. The van der Waals surface area contributed by atoms with Crippen molar-refractivity contribution < 1.29 is 39.0 Å². The van der Waals surface area contributed by atoms with E-state index in [-0.39, 0.29) is 37.5 Å². The number of nitrogens with one attached hydrogen (secondary N) is 3. The SMILES string of the molecule is NC(=O)CC(N)C(=O)NC(Cc1ccc(O)cc1)C(=O)NC(CCCN=C(N)N)C(=O)NC(CC(N)=O)C(=O)O. The van der Waals surface area contributed by atoms with Crippen LogP contribution in [0.5, 0.6) is 5.75 Å². The predicted octanol–water partition coefficient (Wildman–Crippen LogP) is -4.39. The third-order valence-electron chi connectivity index (χ3n) is 5.37. The van der Waals surface area contributed by atoms with Crippen molar-refractivity contribution in [1.82, 2.24) is 16.0 Å². The molecule has 0 heterocycles. The van der Waals surface area contributed by atoms with Gasteiger partial charge in [0.25, 0.3) is 0 Å². The fourth-order valence-electron chi connectivity index (χ4n) is 3.38. The van der Waals surface area contributed by atoms with E-state index in [4.69, 9.17) is 28.7 Å². The molecular weight excluding hydrogens is 530 g/mol. The minimum Gasteiger partial charge on any atom is -0.508 e. The number of aliphatic carboxylic acids is 1. The van der Waals surface area contributed by atoms with Crippen molar-refractivity contribution in [3.05, 3.63) is 29.8 Å². The van der Waals surface area contributed by atoms with Gasteiger partial charge in [0.1, 0.15) is 23.9 Å². The van der Waals surface area contributed by atoms with Gasteiger partial charge in [-0.25, -0.2) is 4.79 Å². The van der Waals surface area contributed by atoms with Crippen LogP contribution in [-0.4, -0.2) is 82.4 Å². The van der Waals surface area contributed by atoms with Gasteiger partial charge in [-0.3, -0.25) is 29.0 Å². The summed E-state index contributed by atoms with van der Waals surface area (Å²) in [6.07, 6.45) is -1.22. The molecule has 0 aromatic heterocycles. The number of nitrogens with zero attached hydrogens (tertiary/aromatic N) is 1. The van der Waals surface area contributed by atoms with Crippen LogP contribution in [0.3, 0.4) is 0 Å². The highest BCUT2D eigenvalue weighted by atomic mass is 16.4. The van der Waals surface area contributed by atoms with Crippen LogP contribution >= 0.6 is 0 Å². The molecule has 1 aromatic rings. The Morgan fingerprint density at radius 3 is 1.82 bits per heavy atom. The van der Waals surface area contributed by atoms with Crippen molar-refractivity contribution in [1.29, 1.82) is 0 Å². The monoisotopic (exact) mass is 565 g/mol. The first-order valence-electron chi connectivity index (χ1n) is 12.0. The molecule has 0 saturated carbocycles. The second-order valence-corrected chi connectivity index (χ2v) is 8.79. The molecule has 4 unspecified atom stereocenters. The van der Waals surface area contributed by atoms with E-state index in [0.717, 1.165) is 0 Å². The Hall–Kier alpha value is -4.93. The Bertz CT molecular complexity index is 1110. The third-order valence-corrected chi connectivity index (χ3v) is 5.37. The second kappa shape index (κ2) is 16.1. The number of carboxylic acid groups (broad SMARTS) is 1. The number of carbonyl (C=O) groups excluding carboxylic acids is 5. The van der Waals surface area contributed by atoms with Crippen molar-refractivity contribution in [3.63, 3.8) is 0 Å². The maximum absolute atomic E-state index is 13.3. The van der Waals surface area contributed by atoms with Crippen molar-refractivity contribution in [2.24, 2.45) is 33.7 Å². The van der Waals surface area contributed by atoms with Crippen LogP contribution in [0.2, 0.25) is 0 Å². The maximum Gasteiger partial charge on any atom is 0.326 e. The summed E-state index contributed by atoms with van der Waals surface area (Å²) in [7, 11) is 0. The number of nitrogens with two attached hydrogens (primary N) is 5. The second-order valence-electron chi connectivity index (χ2n) is 8.79. The van der Waals surface area contributed by atoms with Crippen molar-refractivity contribution in [2.45, 2.75) is 56.3 Å². The molecule has 40 heavy (non-hydrogen) atoms. The topological polar surface area (TPSA) is 321 Å². The van der Waals surface area contributed by atoms with Gasteiger partial charge in [0.2, 0.25) is 29.5 Å². The van der Waals surface area contributed by atoms with Gasteiger partial charge in [0, 0.05) is 13.0 Å². The van der Waals surface area contributed by atoms with E-state index < -0.39 is 72.5 Å². The number of hydrogen-bond acceptors (Lipinski definition) is 9. The summed E-state index contributed by atoms with van der Waals surface area (Å²) < 4.78 is 0. The molecule has 0 bridgehead atoms. The summed E-state index contributed by atoms with van der Waals surface area (Å²) in [6, 6.07) is -0.0132. The summed E-state index contributed by atoms with van der Waals surface area (Å²) >= 11 is 0. The number of carbonyl (C=O) groups is 6. The molecule has 0 aliphatic rings. The first kappa shape index (κ1) is 33.1. The summed E-state index contributed by atoms with van der Waals surface area (Å²) in [5, 5.41) is 25.9. The Labute approximate surface area is 228 Å². The molecule has 17 heteroatoms. The lowest BCUT2D eigenvalue weighted by Gasteiger charge is -2.25. The number of guanidine groups is 1. The summed E-state index contributed by atoms with van der Waals surface area (Å²) in [4.78, 5) is 76.5. The Balaban J connectivity index is 3.21. The van der Waals surface area contributed by atoms with E-state index in [1.54, 1.807) is 0 Å². The fraction of sp³-hybridized carbons (Fsp3) is 0.435. The van der Waals surface area contributed by atoms with Crippen LogP contribution in [0, 0.1) is 0 Å².